The van der Waals surface area contributed by atoms with E-state index in [1.165, 1.54) is 0 Å². The van der Waals surface area contributed by atoms with E-state index >= 15 is 0 Å². The normalized spacial score (nSPS) is 13.5. The fraction of sp³-hybridized carbons (Fsp3) is 0.444. The molecule has 0 aliphatic rings. The van der Waals surface area contributed by atoms with Crippen LogP contribution >= 0.6 is 0 Å². The molecule has 0 saturated heterocycles. The molecule has 2 heterocycles. The van der Waals surface area contributed by atoms with E-state index in [2.05, 4.69) is 14.5 Å². The van der Waals surface area contributed by atoms with Crippen LogP contribution in [0.5, 0.6) is 0 Å². The molecule has 0 saturated carbocycles. The minimum absolute atomic E-state index is 0.407. The number of hydrogen-bond acceptors (Lipinski definition) is 5. The molecule has 8 heteroatoms. The number of primary sulfonamides is 1. The number of hydrogen-bond donors (Lipinski definition) is 1. The molecule has 140 valence electrons. The average Bonchev–Trinajstić information content (AvgIpc) is 2.97. The molecule has 3 rings (SSSR count). The van der Waals surface area contributed by atoms with Crippen LogP contribution in [0.25, 0.3) is 21.9 Å². The Morgan fingerprint density at radius 3 is 2.77 bits per heavy atom. The van der Waals surface area contributed by atoms with Crippen molar-refractivity contribution in [1.82, 2.24) is 14.5 Å². The van der Waals surface area contributed by atoms with Gasteiger partial charge in [0.25, 0.3) is 0 Å². The zero-order valence-corrected chi connectivity index (χ0v) is 15.9. The predicted octanol–water partition coefficient (Wildman–Crippen LogP) is 2.58. The number of rotatable bonds is 8. The third kappa shape index (κ3) is 3.87. The molecule has 26 heavy (non-hydrogen) atoms. The largest absolute Gasteiger partial charge is 0.374 e. The van der Waals surface area contributed by atoms with E-state index in [0.29, 0.717) is 32.6 Å². The fourth-order valence-electron chi connectivity index (χ4n) is 3.06. The monoisotopic (exact) mass is 376 g/mol. The highest BCUT2D eigenvalue weighted by molar-refractivity contribution is 7.89. The topological polar surface area (TPSA) is 100 Å². The van der Waals surface area contributed by atoms with Crippen LogP contribution in [0.15, 0.2) is 30.5 Å². The summed E-state index contributed by atoms with van der Waals surface area (Å²) in [7, 11) is -3.50. The molecule has 1 unspecified atom stereocenters. The van der Waals surface area contributed by atoms with Gasteiger partial charge in [-0.3, -0.25) is 4.98 Å². The molecule has 0 bridgehead atoms. The lowest BCUT2D eigenvalue weighted by atomic mass is 10.2. The number of sulfonamides is 1. The molecule has 0 fully saturated rings. The quantitative estimate of drug-likeness (QED) is 0.651. The third-order valence-corrected chi connectivity index (χ3v) is 5.90. The summed E-state index contributed by atoms with van der Waals surface area (Å²) in [5.41, 5.74) is 2.73. The van der Waals surface area contributed by atoms with Crippen LogP contribution < -0.4 is 5.14 Å². The highest BCUT2D eigenvalue weighted by Gasteiger charge is 2.17. The lowest BCUT2D eigenvalue weighted by molar-refractivity contribution is 0.126. The smallest absolute Gasteiger partial charge is 0.211 e. The van der Waals surface area contributed by atoms with Crippen molar-refractivity contribution < 1.29 is 13.2 Å². The van der Waals surface area contributed by atoms with Gasteiger partial charge in [0.1, 0.15) is 17.9 Å². The van der Waals surface area contributed by atoms with E-state index in [-0.39, 0.29) is 0 Å². The molecule has 0 spiro atoms. The van der Waals surface area contributed by atoms with Crippen molar-refractivity contribution in [1.29, 1.82) is 0 Å². The van der Waals surface area contributed by atoms with Crippen LogP contribution in [-0.4, -0.2) is 34.8 Å². The van der Waals surface area contributed by atoms with Crippen molar-refractivity contribution in [3.05, 3.63) is 36.3 Å². The standard InChI is InChI=1S/C18H24N4O3S/c1-3-25-12-17-21-16-11-20-15-9-5-4-8-14(15)18(16)22(17)10-6-7-13(2)26(19,23)24/h4-5,8-9,11,13H,3,6-7,10,12H2,1-2H3,(H2,19,23,24). The summed E-state index contributed by atoms with van der Waals surface area (Å²) in [6.45, 7) is 5.24. The van der Waals surface area contributed by atoms with E-state index in [9.17, 15) is 8.42 Å². The maximum absolute atomic E-state index is 11.4. The number of fused-ring (bicyclic) bond motifs is 3. The van der Waals surface area contributed by atoms with Crippen molar-refractivity contribution in [2.24, 2.45) is 5.14 Å². The first-order valence-corrected chi connectivity index (χ1v) is 10.3. The fourth-order valence-corrected chi connectivity index (χ4v) is 3.55. The lowest BCUT2D eigenvalue weighted by Gasteiger charge is -2.12. The van der Waals surface area contributed by atoms with Crippen molar-refractivity contribution in [2.75, 3.05) is 6.61 Å². The summed E-state index contributed by atoms with van der Waals surface area (Å²) in [5.74, 6) is 0.822. The maximum Gasteiger partial charge on any atom is 0.211 e. The van der Waals surface area contributed by atoms with Gasteiger partial charge >= 0.3 is 0 Å². The van der Waals surface area contributed by atoms with Crippen LogP contribution in [-0.2, 0) is 27.9 Å². The number of nitrogens with two attached hydrogens (primary N) is 1. The van der Waals surface area contributed by atoms with E-state index in [4.69, 9.17) is 9.88 Å². The number of nitrogens with zero attached hydrogens (tertiary/aromatic N) is 3. The number of pyridine rings is 1. The third-order valence-electron chi connectivity index (χ3n) is 4.55. The number of aryl methyl sites for hydroxylation is 1. The molecule has 3 aromatic rings. The zero-order valence-electron chi connectivity index (χ0n) is 15.1. The minimum atomic E-state index is -3.50. The lowest BCUT2D eigenvalue weighted by Crippen LogP contribution is -2.26. The minimum Gasteiger partial charge on any atom is -0.374 e. The number of para-hydroxylation sites is 1. The Hall–Kier alpha value is -2.03. The molecule has 0 amide bonds. The highest BCUT2D eigenvalue weighted by Crippen LogP contribution is 2.25. The Bertz CT molecular complexity index is 1010. The molecular weight excluding hydrogens is 352 g/mol. The summed E-state index contributed by atoms with van der Waals surface area (Å²) in [4.78, 5) is 9.15. The van der Waals surface area contributed by atoms with E-state index in [1.54, 1.807) is 13.1 Å². The van der Waals surface area contributed by atoms with Gasteiger partial charge in [-0.15, -0.1) is 0 Å². The number of imidazole rings is 1. The Labute approximate surface area is 153 Å². The SMILES string of the molecule is CCOCc1nc2cnc3ccccc3c2n1CCCC(C)S(N)(=O)=O. The first-order chi connectivity index (χ1) is 12.4. The summed E-state index contributed by atoms with van der Waals surface area (Å²) < 4.78 is 30.6. The molecule has 0 aliphatic heterocycles. The molecule has 0 radical (unpaired) electrons. The number of ether oxygens (including phenoxy) is 1. The van der Waals surface area contributed by atoms with Gasteiger partial charge in [0.05, 0.1) is 22.5 Å². The first-order valence-electron chi connectivity index (χ1n) is 8.74. The van der Waals surface area contributed by atoms with Crippen LogP contribution in [0.2, 0.25) is 0 Å². The van der Waals surface area contributed by atoms with E-state index in [0.717, 1.165) is 27.8 Å². The van der Waals surface area contributed by atoms with E-state index in [1.807, 2.05) is 31.2 Å². The number of aromatic nitrogens is 3. The molecule has 2 aromatic heterocycles. The van der Waals surface area contributed by atoms with Gasteiger partial charge < -0.3 is 9.30 Å². The van der Waals surface area contributed by atoms with Gasteiger partial charge in [0, 0.05) is 18.5 Å². The van der Waals surface area contributed by atoms with Crippen LogP contribution in [0.4, 0.5) is 0 Å². The van der Waals surface area contributed by atoms with Crippen molar-refractivity contribution in [2.45, 2.75) is 45.1 Å². The highest BCUT2D eigenvalue weighted by atomic mass is 32.2. The Balaban J connectivity index is 1.98. The maximum atomic E-state index is 11.4. The summed E-state index contributed by atoms with van der Waals surface area (Å²) in [6, 6.07) is 7.93. The van der Waals surface area contributed by atoms with Gasteiger partial charge in [0.15, 0.2) is 0 Å². The van der Waals surface area contributed by atoms with Crippen molar-refractivity contribution in [3.8, 4) is 0 Å². The van der Waals surface area contributed by atoms with Gasteiger partial charge in [-0.05, 0) is 32.8 Å². The summed E-state index contributed by atoms with van der Waals surface area (Å²) >= 11 is 0. The second kappa shape index (κ2) is 7.69. The molecular formula is C18H24N4O3S. The molecule has 0 aliphatic carbocycles. The summed E-state index contributed by atoms with van der Waals surface area (Å²) in [5, 5.41) is 5.69. The van der Waals surface area contributed by atoms with Gasteiger partial charge in [-0.25, -0.2) is 18.5 Å². The summed E-state index contributed by atoms with van der Waals surface area (Å²) in [6.07, 6.45) is 2.95. The molecule has 2 N–H and O–H groups in total. The van der Waals surface area contributed by atoms with Gasteiger partial charge in [-0.1, -0.05) is 18.2 Å². The van der Waals surface area contributed by atoms with Crippen LogP contribution in [0.1, 0.15) is 32.5 Å². The Kier molecular flexibility index (Phi) is 5.55. The second-order valence-electron chi connectivity index (χ2n) is 6.37. The van der Waals surface area contributed by atoms with Gasteiger partial charge in [-0.2, -0.15) is 0 Å². The van der Waals surface area contributed by atoms with Crippen molar-refractivity contribution in [3.63, 3.8) is 0 Å². The molecule has 1 atom stereocenters. The molecule has 7 nitrogen and oxygen atoms in total. The average molecular weight is 376 g/mol. The van der Waals surface area contributed by atoms with Crippen LogP contribution in [0, 0.1) is 0 Å². The predicted molar refractivity (Wildman–Crippen MR) is 102 cm³/mol. The zero-order chi connectivity index (χ0) is 18.7. The van der Waals surface area contributed by atoms with E-state index < -0.39 is 15.3 Å². The Morgan fingerprint density at radius 1 is 1.27 bits per heavy atom. The second-order valence-corrected chi connectivity index (χ2v) is 8.35. The first kappa shape index (κ1) is 18.8. The van der Waals surface area contributed by atoms with Gasteiger partial charge in [0.2, 0.25) is 10.0 Å². The van der Waals surface area contributed by atoms with Crippen LogP contribution in [0.3, 0.4) is 0 Å². The Morgan fingerprint density at radius 2 is 2.04 bits per heavy atom. The molecule has 1 aromatic carbocycles. The van der Waals surface area contributed by atoms with Crippen molar-refractivity contribution >= 4 is 32.0 Å². The number of benzene rings is 1.